The topological polar surface area (TPSA) is 107 Å². The van der Waals surface area contributed by atoms with Crippen molar-refractivity contribution in [3.63, 3.8) is 0 Å². The summed E-state index contributed by atoms with van der Waals surface area (Å²) in [5.41, 5.74) is 9.94. The molecule has 1 unspecified atom stereocenters. The molecular formula is C21H18N4O2S. The van der Waals surface area contributed by atoms with Crippen LogP contribution in [0, 0.1) is 0 Å². The van der Waals surface area contributed by atoms with Gasteiger partial charge >= 0.3 is 5.16 Å². The summed E-state index contributed by atoms with van der Waals surface area (Å²) in [4.78, 5) is 19.8. The van der Waals surface area contributed by atoms with Crippen LogP contribution in [0.15, 0.2) is 78.0 Å². The van der Waals surface area contributed by atoms with Crippen molar-refractivity contribution in [2.75, 3.05) is 11.1 Å². The van der Waals surface area contributed by atoms with Crippen LogP contribution < -0.4 is 11.1 Å². The maximum atomic E-state index is 12.6. The molecule has 4 N–H and O–H groups in total. The molecule has 0 spiro atoms. The van der Waals surface area contributed by atoms with E-state index in [0.29, 0.717) is 27.8 Å². The maximum Gasteiger partial charge on any atom is 0.321 e. The molecule has 28 heavy (non-hydrogen) atoms. The fourth-order valence-corrected chi connectivity index (χ4v) is 3.87. The number of H-pyrrole nitrogens is 1. The zero-order valence-electron chi connectivity index (χ0n) is 14.9. The molecule has 1 heterocycles. The minimum Gasteiger partial charge on any atom is -0.609 e. The number of nitrogen functional groups attached to an aromatic ring is 1. The van der Waals surface area contributed by atoms with Gasteiger partial charge in [-0.15, -0.1) is 0 Å². The zero-order chi connectivity index (χ0) is 19.5. The van der Waals surface area contributed by atoms with Crippen molar-refractivity contribution in [3.05, 3.63) is 83.9 Å². The van der Waals surface area contributed by atoms with E-state index < -0.39 is 11.2 Å². The highest BCUT2D eigenvalue weighted by Gasteiger charge is 2.17. The second-order valence-corrected chi connectivity index (χ2v) is 7.65. The van der Waals surface area contributed by atoms with Crippen LogP contribution in [0.25, 0.3) is 11.0 Å². The number of nitrogens with one attached hydrogen (secondary N) is 2. The number of fused-ring (bicyclic) bond motifs is 1. The monoisotopic (exact) mass is 390 g/mol. The summed E-state index contributed by atoms with van der Waals surface area (Å²) in [5, 5.41) is 3.24. The molecule has 6 nitrogen and oxygen atoms in total. The lowest BCUT2D eigenvalue weighted by Gasteiger charge is -2.09. The molecule has 0 saturated heterocycles. The normalized spacial score (nSPS) is 12.0. The number of rotatable bonds is 5. The lowest BCUT2D eigenvalue weighted by molar-refractivity contribution is 0.102. The molecule has 1 amide bonds. The molecule has 1 aromatic heterocycles. The molecule has 0 saturated carbocycles. The van der Waals surface area contributed by atoms with E-state index in [-0.39, 0.29) is 5.91 Å². The predicted octanol–water partition coefficient (Wildman–Crippen LogP) is 3.71. The van der Waals surface area contributed by atoms with Gasteiger partial charge in [-0.3, -0.25) is 9.78 Å². The molecule has 4 rings (SSSR count). The van der Waals surface area contributed by atoms with E-state index in [0.717, 1.165) is 16.6 Å². The quantitative estimate of drug-likeness (QED) is 0.357. The molecule has 0 fully saturated rings. The van der Waals surface area contributed by atoms with Crippen molar-refractivity contribution in [2.24, 2.45) is 0 Å². The van der Waals surface area contributed by atoms with Gasteiger partial charge in [-0.05, 0) is 36.4 Å². The fourth-order valence-electron chi connectivity index (χ4n) is 2.81. The van der Waals surface area contributed by atoms with Gasteiger partial charge in [0, 0.05) is 22.3 Å². The van der Waals surface area contributed by atoms with E-state index in [1.807, 2.05) is 36.4 Å². The van der Waals surface area contributed by atoms with E-state index >= 15 is 0 Å². The summed E-state index contributed by atoms with van der Waals surface area (Å²) < 4.78 is 12.6. The van der Waals surface area contributed by atoms with E-state index in [1.54, 1.807) is 36.4 Å². The zero-order valence-corrected chi connectivity index (χ0v) is 15.7. The van der Waals surface area contributed by atoms with Gasteiger partial charge in [0.25, 0.3) is 5.91 Å². The summed E-state index contributed by atoms with van der Waals surface area (Å²) in [6.07, 6.45) is 0. The molecule has 7 heteroatoms. The number of aromatic nitrogens is 2. The maximum absolute atomic E-state index is 12.6. The molecule has 140 valence electrons. The summed E-state index contributed by atoms with van der Waals surface area (Å²) in [5.74, 6) is 0.0655. The van der Waals surface area contributed by atoms with Gasteiger partial charge in [0.1, 0.15) is 5.75 Å². The number of nitrogens with zero attached hydrogens (tertiary/aromatic N) is 1. The number of imidazole rings is 1. The van der Waals surface area contributed by atoms with Crippen LogP contribution in [0.3, 0.4) is 0 Å². The van der Waals surface area contributed by atoms with Gasteiger partial charge in [0.05, 0.1) is 22.4 Å². The van der Waals surface area contributed by atoms with Crippen molar-refractivity contribution < 1.29 is 9.35 Å². The third kappa shape index (κ3) is 3.85. The first-order valence-electron chi connectivity index (χ1n) is 8.68. The Balaban J connectivity index is 1.44. The first kappa shape index (κ1) is 18.1. The van der Waals surface area contributed by atoms with Crippen LogP contribution in [0.5, 0.6) is 0 Å². The number of hydrogen-bond donors (Lipinski definition) is 3. The number of carbonyl (C=O) groups excluding carboxylic acids is 1. The first-order chi connectivity index (χ1) is 13.6. The minimum atomic E-state index is -1.30. The molecule has 0 aliphatic rings. The highest BCUT2D eigenvalue weighted by Crippen LogP contribution is 2.20. The average Bonchev–Trinajstić information content (AvgIpc) is 3.15. The Labute approximate surface area is 165 Å². The second kappa shape index (κ2) is 7.75. The Hall–Kier alpha value is -3.29. The van der Waals surface area contributed by atoms with E-state index in [2.05, 4.69) is 15.3 Å². The van der Waals surface area contributed by atoms with Crippen molar-refractivity contribution in [3.8, 4) is 0 Å². The van der Waals surface area contributed by atoms with Crippen molar-refractivity contribution in [1.82, 2.24) is 9.97 Å². The smallest absolute Gasteiger partial charge is 0.321 e. The summed E-state index contributed by atoms with van der Waals surface area (Å²) in [7, 11) is 0. The van der Waals surface area contributed by atoms with Crippen molar-refractivity contribution in [1.29, 1.82) is 0 Å². The Morgan fingerprint density at radius 2 is 1.75 bits per heavy atom. The third-order valence-electron chi connectivity index (χ3n) is 4.31. The SMILES string of the molecule is Nc1ccccc1NC(=O)c1ccc(C[S+]([O-])c2nc3ccccc3[nH]2)cc1. The lowest BCUT2D eigenvalue weighted by atomic mass is 10.1. The Kier molecular flexibility index (Phi) is 5.01. The number of para-hydroxylation sites is 4. The number of anilines is 2. The Morgan fingerprint density at radius 3 is 2.50 bits per heavy atom. The van der Waals surface area contributed by atoms with E-state index in [4.69, 9.17) is 5.73 Å². The number of nitrogens with two attached hydrogens (primary N) is 1. The number of benzene rings is 3. The average molecular weight is 390 g/mol. The van der Waals surface area contributed by atoms with Gasteiger partial charge in [-0.25, -0.2) is 0 Å². The van der Waals surface area contributed by atoms with Crippen molar-refractivity contribution >= 4 is 39.5 Å². The molecule has 3 aromatic carbocycles. The second-order valence-electron chi connectivity index (χ2n) is 6.29. The summed E-state index contributed by atoms with van der Waals surface area (Å²) in [6, 6.07) is 21.7. The van der Waals surface area contributed by atoms with Gasteiger partial charge in [0.15, 0.2) is 0 Å². The number of hydrogen-bond acceptors (Lipinski definition) is 4. The number of aromatic amines is 1. The van der Waals surface area contributed by atoms with E-state index in [1.165, 1.54) is 0 Å². The number of carbonyl (C=O) groups is 1. The summed E-state index contributed by atoms with van der Waals surface area (Å²) in [6.45, 7) is 0. The van der Waals surface area contributed by atoms with Crippen LogP contribution in [-0.2, 0) is 16.9 Å². The highest BCUT2D eigenvalue weighted by atomic mass is 32.2. The van der Waals surface area contributed by atoms with Gasteiger partial charge in [-0.2, -0.15) is 4.98 Å². The largest absolute Gasteiger partial charge is 0.609 e. The minimum absolute atomic E-state index is 0.247. The molecule has 0 bridgehead atoms. The van der Waals surface area contributed by atoms with Gasteiger partial charge in [-0.1, -0.05) is 36.4 Å². The van der Waals surface area contributed by atoms with Crippen LogP contribution in [0.1, 0.15) is 15.9 Å². The molecule has 0 aliphatic heterocycles. The fraction of sp³-hybridized carbons (Fsp3) is 0.0476. The lowest BCUT2D eigenvalue weighted by Crippen LogP contribution is -2.13. The van der Waals surface area contributed by atoms with Crippen LogP contribution in [0.2, 0.25) is 0 Å². The van der Waals surface area contributed by atoms with Crippen molar-refractivity contribution in [2.45, 2.75) is 10.9 Å². The van der Waals surface area contributed by atoms with Crippen LogP contribution >= 0.6 is 0 Å². The molecule has 0 aliphatic carbocycles. The molecule has 4 aromatic rings. The first-order valence-corrected chi connectivity index (χ1v) is 10.00. The van der Waals surface area contributed by atoms with Crippen LogP contribution in [0.4, 0.5) is 11.4 Å². The molecular weight excluding hydrogens is 372 g/mol. The van der Waals surface area contributed by atoms with Crippen LogP contribution in [-0.4, -0.2) is 20.4 Å². The summed E-state index contributed by atoms with van der Waals surface area (Å²) >= 11 is -1.30. The highest BCUT2D eigenvalue weighted by molar-refractivity contribution is 7.90. The van der Waals surface area contributed by atoms with E-state index in [9.17, 15) is 9.35 Å². The van der Waals surface area contributed by atoms with Gasteiger partial charge < -0.3 is 15.6 Å². The predicted molar refractivity (Wildman–Crippen MR) is 111 cm³/mol. The third-order valence-corrected chi connectivity index (χ3v) is 5.53. The standard InChI is InChI=1S/C21H18N4O2S/c22-16-5-1-2-6-17(16)23-20(26)15-11-9-14(10-12-15)13-28(27)21-24-18-7-3-4-8-19(18)25-21/h1-12H,13,22H2,(H,23,26)(H,24,25). The molecule has 0 radical (unpaired) electrons. The molecule has 1 atom stereocenters. The Morgan fingerprint density at radius 1 is 1.04 bits per heavy atom. The Bertz CT molecular complexity index is 1090. The van der Waals surface area contributed by atoms with Gasteiger partial charge in [0.2, 0.25) is 0 Å². The number of amides is 1.